The monoisotopic (exact) mass is 469 g/mol. The van der Waals surface area contributed by atoms with Crippen LogP contribution in [0, 0.1) is 0 Å². The second-order valence-corrected chi connectivity index (χ2v) is 10.4. The van der Waals surface area contributed by atoms with Crippen molar-refractivity contribution in [3.63, 3.8) is 0 Å². The summed E-state index contributed by atoms with van der Waals surface area (Å²) in [6.07, 6.45) is 2.61. The first-order valence-corrected chi connectivity index (χ1v) is 12.1. The van der Waals surface area contributed by atoms with Gasteiger partial charge in [0.15, 0.2) is 0 Å². The van der Waals surface area contributed by atoms with Crippen molar-refractivity contribution in [2.24, 2.45) is 0 Å². The molecular weight excluding hydrogens is 442 g/mol. The Labute approximate surface area is 193 Å². The van der Waals surface area contributed by atoms with Gasteiger partial charge >= 0.3 is 0 Å². The zero-order valence-electron chi connectivity index (χ0n) is 19.1. The van der Waals surface area contributed by atoms with E-state index < -0.39 is 15.9 Å². The van der Waals surface area contributed by atoms with E-state index in [0.29, 0.717) is 33.8 Å². The van der Waals surface area contributed by atoms with Crippen LogP contribution in [-0.2, 0) is 15.4 Å². The third-order valence-electron chi connectivity index (χ3n) is 4.93. The molecule has 0 aliphatic carbocycles. The molecule has 0 atom stereocenters. The minimum atomic E-state index is -3.42. The molecule has 0 radical (unpaired) electrons. The summed E-state index contributed by atoms with van der Waals surface area (Å²) in [6.45, 7) is 6.05. The molecule has 0 aliphatic rings. The van der Waals surface area contributed by atoms with E-state index in [1.54, 1.807) is 24.4 Å². The van der Waals surface area contributed by atoms with E-state index >= 15 is 0 Å². The Balaban J connectivity index is 2.04. The number of aromatic amines is 1. The molecule has 0 unspecified atom stereocenters. The van der Waals surface area contributed by atoms with Crippen molar-refractivity contribution in [2.45, 2.75) is 26.2 Å². The maximum absolute atomic E-state index is 13.0. The van der Waals surface area contributed by atoms with Crippen LogP contribution < -0.4 is 20.3 Å². The standard InChI is InChI=1S/C24H27N3O5S/c1-24(2,3)19-13-16(18-7-6-12-25-23(18)29)14-20(21(19)32-4)26-22(28)15-8-10-17(11-9-15)27-33(5,30)31/h6-14,27H,1-5H3,(H,25,29)(H,26,28). The van der Waals surface area contributed by atoms with Gasteiger partial charge in [-0.3, -0.25) is 14.3 Å². The molecular formula is C24H27N3O5S. The van der Waals surface area contributed by atoms with Crippen LogP contribution in [0.5, 0.6) is 5.75 Å². The first-order chi connectivity index (χ1) is 15.4. The summed E-state index contributed by atoms with van der Waals surface area (Å²) in [5.41, 5.74) is 2.47. The quantitative estimate of drug-likeness (QED) is 0.505. The van der Waals surface area contributed by atoms with Crippen LogP contribution in [0.4, 0.5) is 11.4 Å². The lowest BCUT2D eigenvalue weighted by atomic mass is 9.84. The van der Waals surface area contributed by atoms with E-state index in [1.807, 2.05) is 26.8 Å². The lowest BCUT2D eigenvalue weighted by Crippen LogP contribution is -2.18. The number of nitrogens with one attached hydrogen (secondary N) is 3. The highest BCUT2D eigenvalue weighted by atomic mass is 32.2. The molecule has 1 amide bonds. The fourth-order valence-corrected chi connectivity index (χ4v) is 3.97. The molecule has 1 heterocycles. The predicted octanol–water partition coefficient (Wildman–Crippen LogP) is 3.97. The van der Waals surface area contributed by atoms with Crippen LogP contribution >= 0.6 is 0 Å². The fraction of sp³-hybridized carbons (Fsp3) is 0.250. The van der Waals surface area contributed by atoms with Gasteiger partial charge in [-0.05, 0) is 59.5 Å². The molecule has 3 aromatic rings. The molecule has 0 bridgehead atoms. The Hall–Kier alpha value is -3.59. The molecule has 0 aliphatic heterocycles. The van der Waals surface area contributed by atoms with Gasteiger partial charge in [-0.1, -0.05) is 20.8 Å². The molecule has 1 aromatic heterocycles. The maximum atomic E-state index is 13.0. The molecule has 0 saturated heterocycles. The highest BCUT2D eigenvalue weighted by molar-refractivity contribution is 7.92. The average molecular weight is 470 g/mol. The van der Waals surface area contributed by atoms with Gasteiger partial charge in [0.25, 0.3) is 11.5 Å². The summed E-state index contributed by atoms with van der Waals surface area (Å²) in [7, 11) is -1.89. The zero-order valence-corrected chi connectivity index (χ0v) is 20.0. The summed E-state index contributed by atoms with van der Waals surface area (Å²) >= 11 is 0. The van der Waals surface area contributed by atoms with Crippen molar-refractivity contribution >= 4 is 27.3 Å². The molecule has 3 rings (SSSR count). The van der Waals surface area contributed by atoms with Gasteiger partial charge in [0, 0.05) is 28.6 Å². The summed E-state index contributed by atoms with van der Waals surface area (Å²) < 4.78 is 30.8. The number of benzene rings is 2. The number of carbonyl (C=O) groups is 1. The van der Waals surface area contributed by atoms with Crippen molar-refractivity contribution in [2.75, 3.05) is 23.4 Å². The van der Waals surface area contributed by atoms with Crippen LogP contribution in [0.1, 0.15) is 36.7 Å². The number of ether oxygens (including phenoxy) is 1. The Morgan fingerprint density at radius 2 is 1.73 bits per heavy atom. The lowest BCUT2D eigenvalue weighted by Gasteiger charge is -2.25. The molecule has 0 spiro atoms. The van der Waals surface area contributed by atoms with E-state index in [4.69, 9.17) is 4.74 Å². The number of hydrogen-bond donors (Lipinski definition) is 3. The smallest absolute Gasteiger partial charge is 0.255 e. The van der Waals surface area contributed by atoms with Gasteiger partial charge in [0.2, 0.25) is 10.0 Å². The molecule has 3 N–H and O–H groups in total. The Bertz CT molecular complexity index is 1340. The predicted molar refractivity (Wildman–Crippen MR) is 131 cm³/mol. The molecule has 2 aromatic carbocycles. The van der Waals surface area contributed by atoms with Crippen LogP contribution in [0.25, 0.3) is 11.1 Å². The SMILES string of the molecule is COc1c(NC(=O)c2ccc(NS(C)(=O)=O)cc2)cc(-c2ccc[nH]c2=O)cc1C(C)(C)C. The molecule has 0 fully saturated rings. The summed E-state index contributed by atoms with van der Waals surface area (Å²) in [5, 5.41) is 2.87. The van der Waals surface area contributed by atoms with Crippen LogP contribution in [0.15, 0.2) is 59.5 Å². The van der Waals surface area contributed by atoms with E-state index in [2.05, 4.69) is 15.0 Å². The number of anilines is 2. The number of amides is 1. The van der Waals surface area contributed by atoms with Crippen molar-refractivity contribution in [1.82, 2.24) is 4.98 Å². The number of aromatic nitrogens is 1. The van der Waals surface area contributed by atoms with Gasteiger partial charge in [0.1, 0.15) is 5.75 Å². The maximum Gasteiger partial charge on any atom is 0.255 e. The molecule has 33 heavy (non-hydrogen) atoms. The summed E-state index contributed by atoms with van der Waals surface area (Å²) in [5.74, 6) is 0.0977. The number of rotatable bonds is 6. The highest BCUT2D eigenvalue weighted by Crippen LogP contribution is 2.40. The van der Waals surface area contributed by atoms with Gasteiger partial charge in [-0.15, -0.1) is 0 Å². The Morgan fingerprint density at radius 3 is 2.27 bits per heavy atom. The number of sulfonamides is 1. The summed E-state index contributed by atoms with van der Waals surface area (Å²) in [4.78, 5) is 28.0. The van der Waals surface area contributed by atoms with E-state index in [0.717, 1.165) is 11.8 Å². The number of methoxy groups -OCH3 is 1. The van der Waals surface area contributed by atoms with Gasteiger partial charge < -0.3 is 15.0 Å². The van der Waals surface area contributed by atoms with Gasteiger partial charge in [0.05, 0.1) is 19.1 Å². The Morgan fingerprint density at radius 1 is 1.06 bits per heavy atom. The van der Waals surface area contributed by atoms with Crippen LogP contribution in [0.3, 0.4) is 0 Å². The zero-order chi connectivity index (χ0) is 24.4. The van der Waals surface area contributed by atoms with Crippen LogP contribution in [-0.4, -0.2) is 32.7 Å². The van der Waals surface area contributed by atoms with Crippen molar-refractivity contribution < 1.29 is 17.9 Å². The second kappa shape index (κ2) is 9.11. The van der Waals surface area contributed by atoms with Crippen molar-refractivity contribution in [3.8, 4) is 16.9 Å². The highest BCUT2D eigenvalue weighted by Gasteiger charge is 2.24. The molecule has 174 valence electrons. The summed E-state index contributed by atoms with van der Waals surface area (Å²) in [6, 6.07) is 13.1. The minimum Gasteiger partial charge on any atom is -0.494 e. The molecule has 9 heteroatoms. The third kappa shape index (κ3) is 5.81. The van der Waals surface area contributed by atoms with E-state index in [9.17, 15) is 18.0 Å². The van der Waals surface area contributed by atoms with E-state index in [-0.39, 0.29) is 11.0 Å². The fourth-order valence-electron chi connectivity index (χ4n) is 3.40. The normalized spacial score (nSPS) is 11.7. The van der Waals surface area contributed by atoms with Gasteiger partial charge in [-0.2, -0.15) is 0 Å². The van der Waals surface area contributed by atoms with Crippen molar-refractivity contribution in [1.29, 1.82) is 0 Å². The average Bonchev–Trinajstić information content (AvgIpc) is 2.72. The van der Waals surface area contributed by atoms with Crippen LogP contribution in [0.2, 0.25) is 0 Å². The lowest BCUT2D eigenvalue weighted by molar-refractivity contribution is 0.102. The number of H-pyrrole nitrogens is 1. The first-order valence-electron chi connectivity index (χ1n) is 10.2. The van der Waals surface area contributed by atoms with Crippen molar-refractivity contribution in [3.05, 3.63) is 76.2 Å². The second-order valence-electron chi connectivity index (χ2n) is 8.67. The number of pyridine rings is 1. The Kier molecular flexibility index (Phi) is 6.64. The topological polar surface area (TPSA) is 117 Å². The third-order valence-corrected chi connectivity index (χ3v) is 5.54. The largest absolute Gasteiger partial charge is 0.494 e. The van der Waals surface area contributed by atoms with E-state index in [1.165, 1.54) is 31.4 Å². The number of hydrogen-bond acceptors (Lipinski definition) is 5. The first kappa shape index (κ1) is 24.1. The molecule has 8 nitrogen and oxygen atoms in total. The number of carbonyl (C=O) groups excluding carboxylic acids is 1. The van der Waals surface area contributed by atoms with Gasteiger partial charge in [-0.25, -0.2) is 8.42 Å². The molecule has 0 saturated carbocycles. The minimum absolute atomic E-state index is 0.242.